The Bertz CT molecular complexity index is 679. The van der Waals surface area contributed by atoms with E-state index in [1.54, 1.807) is 0 Å². The number of aromatic amines is 1. The Morgan fingerprint density at radius 2 is 1.90 bits per heavy atom. The van der Waals surface area contributed by atoms with Gasteiger partial charge in [-0.3, -0.25) is 5.10 Å². The number of rotatable bonds is 5. The molecule has 21 heavy (non-hydrogen) atoms. The predicted molar refractivity (Wildman–Crippen MR) is 90.2 cm³/mol. The predicted octanol–water partition coefficient (Wildman–Crippen LogP) is 3.73. The van der Waals surface area contributed by atoms with E-state index in [1.807, 2.05) is 13.2 Å². The van der Waals surface area contributed by atoms with Gasteiger partial charge < -0.3 is 5.32 Å². The summed E-state index contributed by atoms with van der Waals surface area (Å²) in [7, 11) is 2.00. The number of fused-ring (bicyclic) bond motifs is 1. The molecule has 0 saturated heterocycles. The van der Waals surface area contributed by atoms with Crippen LogP contribution >= 0.6 is 12.4 Å². The van der Waals surface area contributed by atoms with Crippen molar-refractivity contribution < 1.29 is 0 Å². The van der Waals surface area contributed by atoms with Gasteiger partial charge in [-0.05, 0) is 43.3 Å². The van der Waals surface area contributed by atoms with Crippen molar-refractivity contribution in [2.24, 2.45) is 0 Å². The molecule has 1 aromatic heterocycles. The zero-order chi connectivity index (χ0) is 13.8. The maximum Gasteiger partial charge on any atom is 0.0650 e. The first-order valence-corrected chi connectivity index (χ1v) is 7.01. The quantitative estimate of drug-likeness (QED) is 0.754. The van der Waals surface area contributed by atoms with Crippen molar-refractivity contribution in [2.75, 3.05) is 13.6 Å². The summed E-state index contributed by atoms with van der Waals surface area (Å²) in [6, 6.07) is 17.3. The van der Waals surface area contributed by atoms with Gasteiger partial charge in [-0.2, -0.15) is 5.10 Å². The molecule has 1 heterocycles. The summed E-state index contributed by atoms with van der Waals surface area (Å²) in [5, 5.41) is 11.5. The van der Waals surface area contributed by atoms with Crippen LogP contribution in [0, 0.1) is 0 Å². The van der Waals surface area contributed by atoms with E-state index >= 15 is 0 Å². The van der Waals surface area contributed by atoms with Crippen LogP contribution in [0.3, 0.4) is 0 Å². The third kappa shape index (κ3) is 3.43. The molecule has 3 rings (SSSR count). The summed E-state index contributed by atoms with van der Waals surface area (Å²) in [6.45, 7) is 1.00. The van der Waals surface area contributed by atoms with Gasteiger partial charge in [0, 0.05) is 11.3 Å². The van der Waals surface area contributed by atoms with E-state index in [-0.39, 0.29) is 12.4 Å². The first-order valence-electron chi connectivity index (χ1n) is 7.01. The second kappa shape index (κ2) is 7.25. The number of nitrogens with zero attached hydrogens (tertiary/aromatic N) is 1. The van der Waals surface area contributed by atoms with Crippen molar-refractivity contribution in [1.82, 2.24) is 15.5 Å². The number of nitrogens with one attached hydrogen (secondary N) is 2. The second-order valence-corrected chi connectivity index (χ2v) is 5.07. The number of hydrogen-bond acceptors (Lipinski definition) is 2. The number of hydrogen-bond donors (Lipinski definition) is 2. The Morgan fingerprint density at radius 1 is 1.10 bits per heavy atom. The van der Waals surface area contributed by atoms with Gasteiger partial charge in [0.25, 0.3) is 0 Å². The Hall–Kier alpha value is -1.84. The normalized spacial score (nSPS) is 12.0. The summed E-state index contributed by atoms with van der Waals surface area (Å²) in [6.07, 6.45) is 2.98. The number of benzene rings is 2. The third-order valence-corrected chi connectivity index (χ3v) is 3.75. The first kappa shape index (κ1) is 15.5. The molecular weight excluding hydrogens is 282 g/mol. The van der Waals surface area contributed by atoms with Crippen LogP contribution in [-0.4, -0.2) is 23.8 Å². The highest BCUT2D eigenvalue weighted by Gasteiger charge is 2.14. The molecule has 0 radical (unpaired) electrons. The van der Waals surface area contributed by atoms with Gasteiger partial charge in [-0.1, -0.05) is 36.4 Å². The molecule has 2 aromatic carbocycles. The Morgan fingerprint density at radius 3 is 2.67 bits per heavy atom. The summed E-state index contributed by atoms with van der Waals surface area (Å²) in [4.78, 5) is 0. The smallest absolute Gasteiger partial charge is 0.0650 e. The van der Waals surface area contributed by atoms with Crippen molar-refractivity contribution in [3.63, 3.8) is 0 Å². The second-order valence-electron chi connectivity index (χ2n) is 5.07. The summed E-state index contributed by atoms with van der Waals surface area (Å²) in [5.74, 6) is 0.419. The van der Waals surface area contributed by atoms with Gasteiger partial charge in [0.2, 0.25) is 0 Å². The minimum absolute atomic E-state index is 0. The summed E-state index contributed by atoms with van der Waals surface area (Å²) in [5.41, 5.74) is 3.81. The zero-order valence-electron chi connectivity index (χ0n) is 12.0. The fourth-order valence-corrected chi connectivity index (χ4v) is 2.68. The van der Waals surface area contributed by atoms with Crippen molar-refractivity contribution >= 4 is 23.3 Å². The van der Waals surface area contributed by atoms with E-state index in [9.17, 15) is 0 Å². The molecule has 3 aromatic rings. The fraction of sp³-hybridized carbons (Fsp3) is 0.235. The van der Waals surface area contributed by atoms with E-state index in [1.165, 1.54) is 16.5 Å². The average molecular weight is 302 g/mol. The van der Waals surface area contributed by atoms with Crippen LogP contribution in [0.2, 0.25) is 0 Å². The Labute approximate surface area is 131 Å². The monoisotopic (exact) mass is 301 g/mol. The van der Waals surface area contributed by atoms with Crippen LogP contribution in [0.4, 0.5) is 0 Å². The van der Waals surface area contributed by atoms with E-state index in [0.717, 1.165) is 18.5 Å². The summed E-state index contributed by atoms with van der Waals surface area (Å²) < 4.78 is 0. The highest BCUT2D eigenvalue weighted by Crippen LogP contribution is 2.29. The molecule has 110 valence electrons. The van der Waals surface area contributed by atoms with Gasteiger partial charge in [-0.15, -0.1) is 12.4 Å². The molecule has 2 N–H and O–H groups in total. The van der Waals surface area contributed by atoms with E-state index in [4.69, 9.17) is 0 Å². The molecule has 0 aliphatic carbocycles. The summed E-state index contributed by atoms with van der Waals surface area (Å²) >= 11 is 0. The van der Waals surface area contributed by atoms with Crippen LogP contribution in [0.15, 0.2) is 54.7 Å². The minimum Gasteiger partial charge on any atom is -0.320 e. The lowest BCUT2D eigenvalue weighted by Crippen LogP contribution is -2.13. The number of halogens is 1. The van der Waals surface area contributed by atoms with Gasteiger partial charge in [-0.25, -0.2) is 0 Å². The lowest BCUT2D eigenvalue weighted by atomic mass is 9.88. The van der Waals surface area contributed by atoms with E-state index < -0.39 is 0 Å². The van der Waals surface area contributed by atoms with Crippen LogP contribution in [0.25, 0.3) is 10.9 Å². The average Bonchev–Trinajstić information content (AvgIpc) is 2.96. The molecule has 4 heteroatoms. The molecule has 0 aliphatic rings. The lowest BCUT2D eigenvalue weighted by molar-refractivity contribution is 0.662. The molecule has 0 bridgehead atoms. The molecule has 0 saturated carbocycles. The van der Waals surface area contributed by atoms with E-state index in [0.29, 0.717) is 5.92 Å². The van der Waals surface area contributed by atoms with Crippen molar-refractivity contribution in [3.8, 4) is 0 Å². The van der Waals surface area contributed by atoms with Crippen LogP contribution in [0.5, 0.6) is 0 Å². The Balaban J connectivity index is 0.00000161. The largest absolute Gasteiger partial charge is 0.320 e. The molecule has 3 nitrogen and oxygen atoms in total. The molecule has 0 aliphatic heterocycles. The molecule has 0 fully saturated rings. The van der Waals surface area contributed by atoms with Gasteiger partial charge >= 0.3 is 0 Å². The van der Waals surface area contributed by atoms with Crippen molar-refractivity contribution in [2.45, 2.75) is 12.3 Å². The first-order chi connectivity index (χ1) is 9.88. The molecule has 0 amide bonds. The van der Waals surface area contributed by atoms with Crippen LogP contribution < -0.4 is 5.32 Å². The van der Waals surface area contributed by atoms with Crippen molar-refractivity contribution in [3.05, 3.63) is 65.9 Å². The molecule has 0 spiro atoms. The Kier molecular flexibility index (Phi) is 5.37. The van der Waals surface area contributed by atoms with E-state index in [2.05, 4.69) is 64.0 Å². The molecule has 1 atom stereocenters. The topological polar surface area (TPSA) is 40.7 Å². The maximum atomic E-state index is 4.10. The van der Waals surface area contributed by atoms with Crippen molar-refractivity contribution in [1.29, 1.82) is 0 Å². The van der Waals surface area contributed by atoms with Gasteiger partial charge in [0.05, 0.1) is 11.7 Å². The highest BCUT2D eigenvalue weighted by atomic mass is 35.5. The number of H-pyrrole nitrogens is 1. The van der Waals surface area contributed by atoms with Gasteiger partial charge in [0.1, 0.15) is 0 Å². The highest BCUT2D eigenvalue weighted by molar-refractivity contribution is 5.85. The SMILES string of the molecule is CNCCC(c1ccccc1)c1ccc2[nH]ncc2c1.Cl. The fourth-order valence-electron chi connectivity index (χ4n) is 2.68. The maximum absolute atomic E-state index is 4.10. The number of aromatic nitrogens is 2. The lowest BCUT2D eigenvalue weighted by Gasteiger charge is -2.18. The van der Waals surface area contributed by atoms with Gasteiger partial charge in [0.15, 0.2) is 0 Å². The standard InChI is InChI=1S/C17H19N3.ClH/c1-18-10-9-16(13-5-3-2-4-6-13)14-7-8-17-15(11-14)12-19-20-17;/h2-8,11-12,16,18H,9-10H2,1H3,(H,19,20);1H. The zero-order valence-corrected chi connectivity index (χ0v) is 12.9. The molecule has 1 unspecified atom stereocenters. The molecular formula is C17H20ClN3. The van der Waals surface area contributed by atoms with Crippen LogP contribution in [0.1, 0.15) is 23.5 Å². The van der Waals surface area contributed by atoms with Crippen LogP contribution in [-0.2, 0) is 0 Å². The minimum atomic E-state index is 0. The third-order valence-electron chi connectivity index (χ3n) is 3.75.